The van der Waals surface area contributed by atoms with Gasteiger partial charge in [0.2, 0.25) is 0 Å². The molecule has 0 radical (unpaired) electrons. The summed E-state index contributed by atoms with van der Waals surface area (Å²) in [5.74, 6) is 0. The summed E-state index contributed by atoms with van der Waals surface area (Å²) in [7, 11) is 2.14. The third kappa shape index (κ3) is 3.48. The van der Waals surface area contributed by atoms with E-state index in [-0.39, 0.29) is 0 Å². The maximum absolute atomic E-state index is 5.85. The van der Waals surface area contributed by atoms with Crippen molar-refractivity contribution in [2.45, 2.75) is 25.5 Å². The van der Waals surface area contributed by atoms with Crippen LogP contribution in [0, 0.1) is 0 Å². The van der Waals surface area contributed by atoms with Crippen LogP contribution in [0.1, 0.15) is 18.4 Å². The van der Waals surface area contributed by atoms with E-state index in [4.69, 9.17) is 16.3 Å². The fourth-order valence-corrected chi connectivity index (χ4v) is 2.23. The second-order valence-corrected chi connectivity index (χ2v) is 4.89. The third-order valence-corrected chi connectivity index (χ3v) is 3.16. The number of hydrogen-bond donors (Lipinski definition) is 0. The SMILES string of the molecule is CN(Cc1ccc(Cl)cc1)CC1CCCO1. The Hall–Kier alpha value is -0.570. The normalized spacial score (nSPS) is 20.6. The molecule has 1 saturated heterocycles. The van der Waals surface area contributed by atoms with Crippen LogP contribution < -0.4 is 0 Å². The van der Waals surface area contributed by atoms with Gasteiger partial charge in [0.1, 0.15) is 0 Å². The first kappa shape index (κ1) is 11.9. The molecular weight excluding hydrogens is 222 g/mol. The molecule has 1 aliphatic rings. The van der Waals surface area contributed by atoms with Gasteiger partial charge < -0.3 is 4.74 Å². The van der Waals surface area contributed by atoms with Crippen LogP contribution in [0.15, 0.2) is 24.3 Å². The minimum absolute atomic E-state index is 0.428. The molecule has 1 aromatic carbocycles. The third-order valence-electron chi connectivity index (χ3n) is 2.91. The molecule has 2 nitrogen and oxygen atoms in total. The first-order chi connectivity index (χ1) is 7.74. The van der Waals surface area contributed by atoms with Crippen LogP contribution in [-0.2, 0) is 11.3 Å². The van der Waals surface area contributed by atoms with E-state index >= 15 is 0 Å². The largest absolute Gasteiger partial charge is 0.377 e. The number of nitrogens with zero attached hydrogens (tertiary/aromatic N) is 1. The summed E-state index contributed by atoms with van der Waals surface area (Å²) in [4.78, 5) is 2.30. The molecule has 1 fully saturated rings. The number of hydrogen-bond acceptors (Lipinski definition) is 2. The average Bonchev–Trinajstić information content (AvgIpc) is 2.74. The highest BCUT2D eigenvalue weighted by atomic mass is 35.5. The van der Waals surface area contributed by atoms with Gasteiger partial charge in [0, 0.05) is 24.7 Å². The zero-order valence-corrected chi connectivity index (χ0v) is 10.4. The van der Waals surface area contributed by atoms with Gasteiger partial charge in [-0.1, -0.05) is 23.7 Å². The fourth-order valence-electron chi connectivity index (χ4n) is 2.10. The van der Waals surface area contributed by atoms with Crippen LogP contribution >= 0.6 is 11.6 Å². The van der Waals surface area contributed by atoms with Gasteiger partial charge in [-0.2, -0.15) is 0 Å². The molecule has 1 unspecified atom stereocenters. The fraction of sp³-hybridized carbons (Fsp3) is 0.538. The summed E-state index contributed by atoms with van der Waals surface area (Å²) in [6.07, 6.45) is 2.84. The molecule has 0 aliphatic carbocycles. The molecule has 1 aromatic rings. The van der Waals surface area contributed by atoms with Gasteiger partial charge in [-0.15, -0.1) is 0 Å². The molecule has 88 valence electrons. The molecule has 0 bridgehead atoms. The monoisotopic (exact) mass is 239 g/mol. The van der Waals surface area contributed by atoms with E-state index in [2.05, 4.69) is 24.1 Å². The number of ether oxygens (including phenoxy) is 1. The molecule has 0 saturated carbocycles. The molecule has 0 amide bonds. The second kappa shape index (κ2) is 5.67. The van der Waals surface area contributed by atoms with E-state index in [0.717, 1.165) is 24.7 Å². The van der Waals surface area contributed by atoms with Crippen LogP contribution in [0.2, 0.25) is 5.02 Å². The van der Waals surface area contributed by atoms with E-state index in [1.54, 1.807) is 0 Å². The molecule has 1 atom stereocenters. The quantitative estimate of drug-likeness (QED) is 0.801. The number of benzene rings is 1. The highest BCUT2D eigenvalue weighted by molar-refractivity contribution is 6.30. The minimum Gasteiger partial charge on any atom is -0.377 e. The summed E-state index contributed by atoms with van der Waals surface area (Å²) < 4.78 is 5.62. The van der Waals surface area contributed by atoms with E-state index in [9.17, 15) is 0 Å². The zero-order valence-electron chi connectivity index (χ0n) is 9.66. The first-order valence-corrected chi connectivity index (χ1v) is 6.16. The van der Waals surface area contributed by atoms with Crippen LogP contribution in [0.3, 0.4) is 0 Å². The van der Waals surface area contributed by atoms with E-state index in [1.807, 2.05) is 12.1 Å². The predicted molar refractivity (Wildman–Crippen MR) is 66.8 cm³/mol. The van der Waals surface area contributed by atoms with E-state index < -0.39 is 0 Å². The standard InChI is InChI=1S/C13H18ClNO/c1-15(10-13-3-2-8-16-13)9-11-4-6-12(14)7-5-11/h4-7,13H,2-3,8-10H2,1H3. The second-order valence-electron chi connectivity index (χ2n) is 4.46. The van der Waals surface area contributed by atoms with Gasteiger partial charge in [-0.05, 0) is 37.6 Å². The number of likely N-dealkylation sites (N-methyl/N-ethyl adjacent to an activating group) is 1. The smallest absolute Gasteiger partial charge is 0.0702 e. The van der Waals surface area contributed by atoms with Crippen molar-refractivity contribution in [1.82, 2.24) is 4.90 Å². The van der Waals surface area contributed by atoms with Crippen molar-refractivity contribution in [2.24, 2.45) is 0 Å². The Morgan fingerprint density at radius 2 is 2.12 bits per heavy atom. The maximum atomic E-state index is 5.85. The number of halogens is 1. The first-order valence-electron chi connectivity index (χ1n) is 5.78. The molecule has 3 heteroatoms. The number of rotatable bonds is 4. The lowest BCUT2D eigenvalue weighted by Gasteiger charge is -2.20. The van der Waals surface area contributed by atoms with Gasteiger partial charge >= 0.3 is 0 Å². The maximum Gasteiger partial charge on any atom is 0.0702 e. The van der Waals surface area contributed by atoms with Gasteiger partial charge in [-0.25, -0.2) is 0 Å². The summed E-state index contributed by atoms with van der Waals surface area (Å²) in [5.41, 5.74) is 1.30. The van der Waals surface area contributed by atoms with Gasteiger partial charge in [-0.3, -0.25) is 4.90 Å². The molecule has 1 aliphatic heterocycles. The lowest BCUT2D eigenvalue weighted by molar-refractivity contribution is 0.0793. The Kier molecular flexibility index (Phi) is 4.22. The van der Waals surface area contributed by atoms with Crippen LogP contribution in [0.5, 0.6) is 0 Å². The van der Waals surface area contributed by atoms with E-state index in [0.29, 0.717) is 6.10 Å². The van der Waals surface area contributed by atoms with E-state index in [1.165, 1.54) is 18.4 Å². The van der Waals surface area contributed by atoms with Crippen molar-refractivity contribution in [3.05, 3.63) is 34.9 Å². The van der Waals surface area contributed by atoms with Crippen LogP contribution in [0.25, 0.3) is 0 Å². The lowest BCUT2D eigenvalue weighted by Crippen LogP contribution is -2.28. The molecular formula is C13H18ClNO. The summed E-state index contributed by atoms with van der Waals surface area (Å²) >= 11 is 5.85. The van der Waals surface area contributed by atoms with Crippen molar-refractivity contribution in [3.8, 4) is 0 Å². The van der Waals surface area contributed by atoms with Crippen molar-refractivity contribution in [1.29, 1.82) is 0 Å². The summed E-state index contributed by atoms with van der Waals surface area (Å²) in [6, 6.07) is 8.04. The van der Waals surface area contributed by atoms with Gasteiger partial charge in [0.25, 0.3) is 0 Å². The highest BCUT2D eigenvalue weighted by Crippen LogP contribution is 2.15. The average molecular weight is 240 g/mol. The molecule has 0 spiro atoms. The summed E-state index contributed by atoms with van der Waals surface area (Å²) in [5, 5.41) is 0.797. The molecule has 0 N–H and O–H groups in total. The van der Waals surface area contributed by atoms with Gasteiger partial charge in [0.15, 0.2) is 0 Å². The van der Waals surface area contributed by atoms with Crippen molar-refractivity contribution < 1.29 is 4.74 Å². The Labute approximate surface area is 102 Å². The Morgan fingerprint density at radius 3 is 2.75 bits per heavy atom. The Balaban J connectivity index is 1.81. The Morgan fingerprint density at radius 1 is 1.38 bits per heavy atom. The molecule has 16 heavy (non-hydrogen) atoms. The van der Waals surface area contributed by atoms with Crippen LogP contribution in [-0.4, -0.2) is 31.2 Å². The zero-order chi connectivity index (χ0) is 11.4. The highest BCUT2D eigenvalue weighted by Gasteiger charge is 2.17. The van der Waals surface area contributed by atoms with Crippen molar-refractivity contribution >= 4 is 11.6 Å². The lowest BCUT2D eigenvalue weighted by atomic mass is 10.2. The topological polar surface area (TPSA) is 12.5 Å². The van der Waals surface area contributed by atoms with Crippen molar-refractivity contribution in [3.63, 3.8) is 0 Å². The molecule has 1 heterocycles. The Bertz CT molecular complexity index is 319. The minimum atomic E-state index is 0.428. The van der Waals surface area contributed by atoms with Crippen LogP contribution in [0.4, 0.5) is 0 Å². The van der Waals surface area contributed by atoms with Gasteiger partial charge in [0.05, 0.1) is 6.10 Å². The molecule has 0 aromatic heterocycles. The molecule has 2 rings (SSSR count). The summed E-state index contributed by atoms with van der Waals surface area (Å²) in [6.45, 7) is 2.90. The van der Waals surface area contributed by atoms with Crippen molar-refractivity contribution in [2.75, 3.05) is 20.2 Å². The predicted octanol–water partition coefficient (Wildman–Crippen LogP) is 2.95.